The van der Waals surface area contributed by atoms with E-state index in [2.05, 4.69) is 13.2 Å². The first kappa shape index (κ1) is 20.3. The Kier molecular flexibility index (Phi) is 9.37. The molecule has 0 fully saturated rings. The molecule has 0 rings (SSSR count). The van der Waals surface area contributed by atoms with E-state index in [0.717, 1.165) is 0 Å². The van der Waals surface area contributed by atoms with E-state index in [1.54, 1.807) is 0 Å². The summed E-state index contributed by atoms with van der Waals surface area (Å²) in [5.41, 5.74) is 6.37. The van der Waals surface area contributed by atoms with E-state index in [1.165, 1.54) is 11.0 Å². The van der Waals surface area contributed by atoms with E-state index in [1.807, 2.05) is 32.7 Å². The second-order valence-corrected chi connectivity index (χ2v) is 5.57. The lowest BCUT2D eigenvalue weighted by molar-refractivity contribution is -0.132. The zero-order valence-electron chi connectivity index (χ0n) is 14.1. The van der Waals surface area contributed by atoms with Crippen LogP contribution in [0.15, 0.2) is 24.9 Å². The quantitative estimate of drug-likeness (QED) is 0.350. The Morgan fingerprint density at radius 2 is 2.00 bits per heavy atom. The molecule has 0 aliphatic rings. The van der Waals surface area contributed by atoms with Gasteiger partial charge in [-0.2, -0.15) is 0 Å². The lowest BCUT2D eigenvalue weighted by atomic mass is 10.0. The third-order valence-corrected chi connectivity index (χ3v) is 3.40. The van der Waals surface area contributed by atoms with Crippen LogP contribution in [0.3, 0.4) is 0 Å². The average molecular weight is 311 g/mol. The largest absolute Gasteiger partial charge is 0.401 e. The van der Waals surface area contributed by atoms with Crippen molar-refractivity contribution in [3.8, 4) is 0 Å². The van der Waals surface area contributed by atoms with Crippen molar-refractivity contribution in [3.63, 3.8) is 0 Å². The number of hydrogen-bond donors (Lipinski definition) is 1. The van der Waals surface area contributed by atoms with Gasteiger partial charge in [0, 0.05) is 12.2 Å². The Bertz CT molecular complexity index is 396. The molecule has 0 aliphatic carbocycles. The summed E-state index contributed by atoms with van der Waals surface area (Å²) in [6.45, 7) is 14.1. The van der Waals surface area contributed by atoms with Gasteiger partial charge in [-0.15, -0.1) is 0 Å². The van der Waals surface area contributed by atoms with E-state index in [-0.39, 0.29) is 31.1 Å². The van der Waals surface area contributed by atoms with Crippen LogP contribution in [0, 0.1) is 5.92 Å². The van der Waals surface area contributed by atoms with Crippen molar-refractivity contribution in [2.24, 2.45) is 11.7 Å². The van der Waals surface area contributed by atoms with Gasteiger partial charge in [0.1, 0.15) is 12.8 Å². The SMILES string of the molecule is C=CC(=O)N(CC)CC(C=O)OCN(C)C(C(=C)N)C(C)C. The van der Waals surface area contributed by atoms with Gasteiger partial charge in [0.25, 0.3) is 0 Å². The van der Waals surface area contributed by atoms with Gasteiger partial charge in [0.05, 0.1) is 12.6 Å². The molecule has 0 saturated carbocycles. The van der Waals surface area contributed by atoms with E-state index < -0.39 is 6.10 Å². The standard InChI is InChI=1S/C16H29N3O3/c1-7-15(21)19(8-2)9-14(10-20)22-11-18(6)16(12(3)4)13(5)17/h7,10,12,14,16H,1,5,8-9,11,17H2,2-4,6H3. The minimum absolute atomic E-state index is 0.0376. The van der Waals surface area contributed by atoms with E-state index >= 15 is 0 Å². The minimum atomic E-state index is -0.690. The van der Waals surface area contributed by atoms with Crippen molar-refractivity contribution in [3.05, 3.63) is 24.9 Å². The minimum Gasteiger partial charge on any atom is -0.401 e. The van der Waals surface area contributed by atoms with Crippen LogP contribution in [-0.2, 0) is 14.3 Å². The molecule has 0 bridgehead atoms. The molecular formula is C16H29N3O3. The maximum atomic E-state index is 11.6. The summed E-state index contributed by atoms with van der Waals surface area (Å²) in [4.78, 5) is 26.2. The van der Waals surface area contributed by atoms with Crippen molar-refractivity contribution in [1.29, 1.82) is 0 Å². The van der Waals surface area contributed by atoms with Crippen LogP contribution >= 0.6 is 0 Å². The third-order valence-electron chi connectivity index (χ3n) is 3.40. The number of aldehydes is 1. The molecule has 126 valence electrons. The predicted octanol–water partition coefficient (Wildman–Crippen LogP) is 0.991. The van der Waals surface area contributed by atoms with Crippen molar-refractivity contribution in [2.75, 3.05) is 26.9 Å². The summed E-state index contributed by atoms with van der Waals surface area (Å²) >= 11 is 0. The van der Waals surface area contributed by atoms with Gasteiger partial charge in [-0.05, 0) is 26.0 Å². The predicted molar refractivity (Wildman–Crippen MR) is 88.0 cm³/mol. The highest BCUT2D eigenvalue weighted by molar-refractivity contribution is 5.87. The lowest BCUT2D eigenvalue weighted by Gasteiger charge is -2.32. The summed E-state index contributed by atoms with van der Waals surface area (Å²) in [5, 5.41) is 0. The fourth-order valence-electron chi connectivity index (χ4n) is 2.37. The molecule has 2 N–H and O–H groups in total. The first-order chi connectivity index (χ1) is 10.3. The summed E-state index contributed by atoms with van der Waals surface area (Å²) in [6, 6.07) is -0.0376. The first-order valence-corrected chi connectivity index (χ1v) is 7.41. The molecule has 0 aromatic rings. The number of amides is 1. The summed E-state index contributed by atoms with van der Waals surface area (Å²) < 4.78 is 5.59. The van der Waals surface area contributed by atoms with Crippen molar-refractivity contribution in [1.82, 2.24) is 9.80 Å². The normalized spacial score (nSPS) is 13.7. The van der Waals surface area contributed by atoms with Gasteiger partial charge in [0.15, 0.2) is 6.29 Å². The molecule has 0 aromatic heterocycles. The fraction of sp³-hybridized carbons (Fsp3) is 0.625. The molecule has 0 aromatic carbocycles. The second-order valence-electron chi connectivity index (χ2n) is 5.57. The van der Waals surface area contributed by atoms with Gasteiger partial charge in [-0.25, -0.2) is 0 Å². The number of likely N-dealkylation sites (N-methyl/N-ethyl adjacent to an activating group) is 2. The van der Waals surface area contributed by atoms with Crippen LogP contribution in [0.25, 0.3) is 0 Å². The highest BCUT2D eigenvalue weighted by Crippen LogP contribution is 2.13. The molecule has 0 aliphatic heterocycles. The van der Waals surface area contributed by atoms with E-state index in [4.69, 9.17) is 10.5 Å². The van der Waals surface area contributed by atoms with Crippen LogP contribution in [0.4, 0.5) is 0 Å². The van der Waals surface area contributed by atoms with Crippen LogP contribution in [0.2, 0.25) is 0 Å². The van der Waals surface area contributed by atoms with E-state index in [9.17, 15) is 9.59 Å². The Labute approximate surface area is 133 Å². The van der Waals surface area contributed by atoms with E-state index in [0.29, 0.717) is 18.5 Å². The topological polar surface area (TPSA) is 75.9 Å². The highest BCUT2D eigenvalue weighted by atomic mass is 16.5. The molecule has 0 radical (unpaired) electrons. The number of carbonyl (C=O) groups excluding carboxylic acids is 2. The summed E-state index contributed by atoms with van der Waals surface area (Å²) in [6.07, 6.45) is 1.24. The maximum absolute atomic E-state index is 11.6. The molecule has 0 spiro atoms. The molecular weight excluding hydrogens is 282 g/mol. The Morgan fingerprint density at radius 3 is 2.36 bits per heavy atom. The number of nitrogens with zero attached hydrogens (tertiary/aromatic N) is 2. The first-order valence-electron chi connectivity index (χ1n) is 7.41. The van der Waals surface area contributed by atoms with Crippen molar-refractivity contribution < 1.29 is 14.3 Å². The van der Waals surface area contributed by atoms with Crippen molar-refractivity contribution in [2.45, 2.75) is 32.9 Å². The maximum Gasteiger partial charge on any atom is 0.246 e. The molecule has 0 heterocycles. The van der Waals surface area contributed by atoms with Gasteiger partial charge >= 0.3 is 0 Å². The van der Waals surface area contributed by atoms with Gasteiger partial charge in [-0.3, -0.25) is 9.69 Å². The van der Waals surface area contributed by atoms with Crippen LogP contribution in [0.1, 0.15) is 20.8 Å². The summed E-state index contributed by atoms with van der Waals surface area (Å²) in [7, 11) is 1.86. The zero-order valence-corrected chi connectivity index (χ0v) is 14.1. The Hall–Kier alpha value is -1.66. The molecule has 2 atom stereocenters. The number of rotatable bonds is 11. The zero-order chi connectivity index (χ0) is 17.3. The number of ether oxygens (including phenoxy) is 1. The molecule has 6 nitrogen and oxygen atoms in total. The lowest BCUT2D eigenvalue weighted by Crippen LogP contribution is -2.44. The van der Waals surface area contributed by atoms with Gasteiger partial charge in [-0.1, -0.05) is 27.0 Å². The molecule has 2 unspecified atom stereocenters. The molecule has 22 heavy (non-hydrogen) atoms. The third kappa shape index (κ3) is 6.41. The summed E-state index contributed by atoms with van der Waals surface area (Å²) in [5.74, 6) is 0.0527. The smallest absolute Gasteiger partial charge is 0.246 e. The fourth-order valence-corrected chi connectivity index (χ4v) is 2.37. The number of nitrogens with two attached hydrogens (primary N) is 1. The highest BCUT2D eigenvalue weighted by Gasteiger charge is 2.22. The molecule has 6 heteroatoms. The van der Waals surface area contributed by atoms with Gasteiger partial charge < -0.3 is 20.2 Å². The molecule has 1 amide bonds. The Balaban J connectivity index is 4.62. The van der Waals surface area contributed by atoms with Crippen LogP contribution in [-0.4, -0.2) is 61.0 Å². The van der Waals surface area contributed by atoms with Gasteiger partial charge in [0.2, 0.25) is 5.91 Å². The van der Waals surface area contributed by atoms with Crippen molar-refractivity contribution >= 4 is 12.2 Å². The van der Waals surface area contributed by atoms with Crippen LogP contribution in [0.5, 0.6) is 0 Å². The average Bonchev–Trinajstić information content (AvgIpc) is 2.46. The number of hydrogen-bond acceptors (Lipinski definition) is 5. The van der Waals surface area contributed by atoms with Crippen LogP contribution < -0.4 is 5.73 Å². The molecule has 0 saturated heterocycles. The monoisotopic (exact) mass is 311 g/mol. The Morgan fingerprint density at radius 1 is 1.41 bits per heavy atom. The second kappa shape index (κ2) is 10.1. The number of carbonyl (C=O) groups is 2.